The molecule has 106 valence electrons. The van der Waals surface area contributed by atoms with Gasteiger partial charge in [-0.1, -0.05) is 0 Å². The number of nitrogens with two attached hydrogens (primary N) is 1. The smallest absolute Gasteiger partial charge is 0.246 e. The normalized spacial score (nSPS) is 20.9. The van der Waals surface area contributed by atoms with Crippen LogP contribution in [0, 0.1) is 17.6 Å². The van der Waals surface area contributed by atoms with E-state index in [0.717, 1.165) is 6.07 Å². The standard InChI is InChI=1S/C11H13BrF2N2O2S/c12-8-3-11(10(14)4-9(8)13)19(17,18)16-2-1-7(5-15)6-16/h3-4,7H,1-2,5-6,15H2. The summed E-state index contributed by atoms with van der Waals surface area (Å²) < 4.78 is 52.5. The number of nitrogens with zero attached hydrogens (tertiary/aromatic N) is 1. The Balaban J connectivity index is 2.38. The minimum absolute atomic E-state index is 0.0814. The first kappa shape index (κ1) is 14.8. The highest BCUT2D eigenvalue weighted by Gasteiger charge is 2.34. The predicted molar refractivity (Wildman–Crippen MR) is 70.0 cm³/mol. The molecule has 2 rings (SSSR count). The molecule has 8 heteroatoms. The maximum atomic E-state index is 13.7. The van der Waals surface area contributed by atoms with Crippen molar-refractivity contribution in [3.63, 3.8) is 0 Å². The average molecular weight is 355 g/mol. The molecule has 19 heavy (non-hydrogen) atoms. The summed E-state index contributed by atoms with van der Waals surface area (Å²) in [5.41, 5.74) is 5.50. The average Bonchev–Trinajstić information content (AvgIpc) is 2.83. The Hall–Kier alpha value is -0.570. The van der Waals surface area contributed by atoms with Gasteiger partial charge in [-0.05, 0) is 40.9 Å². The number of benzene rings is 1. The highest BCUT2D eigenvalue weighted by atomic mass is 79.9. The first-order valence-corrected chi connectivity index (χ1v) is 7.94. The van der Waals surface area contributed by atoms with Crippen molar-refractivity contribution in [3.8, 4) is 0 Å². The van der Waals surface area contributed by atoms with Crippen LogP contribution in [0.25, 0.3) is 0 Å². The molecule has 0 saturated carbocycles. The van der Waals surface area contributed by atoms with Crippen molar-refractivity contribution in [1.29, 1.82) is 0 Å². The second kappa shape index (κ2) is 5.43. The first-order chi connectivity index (χ1) is 8.86. The molecule has 1 saturated heterocycles. The molecule has 1 atom stereocenters. The first-order valence-electron chi connectivity index (χ1n) is 5.71. The SMILES string of the molecule is NCC1CCN(S(=O)(=O)c2cc(Br)c(F)cc2F)C1. The van der Waals surface area contributed by atoms with E-state index in [-0.39, 0.29) is 16.9 Å². The molecule has 0 aliphatic carbocycles. The molecule has 2 N–H and O–H groups in total. The van der Waals surface area contributed by atoms with Crippen molar-refractivity contribution in [2.75, 3.05) is 19.6 Å². The highest BCUT2D eigenvalue weighted by molar-refractivity contribution is 9.10. The van der Waals surface area contributed by atoms with Crippen LogP contribution in [0.4, 0.5) is 8.78 Å². The van der Waals surface area contributed by atoms with Gasteiger partial charge in [0.15, 0.2) is 0 Å². The molecule has 0 amide bonds. The van der Waals surface area contributed by atoms with Gasteiger partial charge in [0.1, 0.15) is 16.5 Å². The second-order valence-electron chi connectivity index (χ2n) is 4.45. The molecule has 0 aromatic heterocycles. The van der Waals surface area contributed by atoms with Gasteiger partial charge in [-0.3, -0.25) is 0 Å². The maximum Gasteiger partial charge on any atom is 0.246 e. The van der Waals surface area contributed by atoms with Crippen molar-refractivity contribution in [2.24, 2.45) is 11.7 Å². The van der Waals surface area contributed by atoms with Crippen molar-refractivity contribution < 1.29 is 17.2 Å². The summed E-state index contributed by atoms with van der Waals surface area (Å²) in [6.45, 7) is 0.966. The van der Waals surface area contributed by atoms with E-state index in [1.165, 1.54) is 4.31 Å². The van der Waals surface area contributed by atoms with Crippen LogP contribution in [0.2, 0.25) is 0 Å². The molecule has 1 aromatic carbocycles. The van der Waals surface area contributed by atoms with Gasteiger partial charge < -0.3 is 5.73 Å². The van der Waals surface area contributed by atoms with E-state index < -0.39 is 26.6 Å². The molecular formula is C11H13BrF2N2O2S. The fourth-order valence-electron chi connectivity index (χ4n) is 2.05. The lowest BCUT2D eigenvalue weighted by atomic mass is 10.1. The third-order valence-corrected chi connectivity index (χ3v) is 5.66. The third-order valence-electron chi connectivity index (χ3n) is 3.17. The zero-order valence-corrected chi connectivity index (χ0v) is 12.3. The van der Waals surface area contributed by atoms with Gasteiger partial charge in [0.25, 0.3) is 0 Å². The molecule has 0 spiro atoms. The Morgan fingerprint density at radius 3 is 2.63 bits per heavy atom. The lowest BCUT2D eigenvalue weighted by Gasteiger charge is -2.17. The lowest BCUT2D eigenvalue weighted by Crippen LogP contribution is -2.30. The summed E-state index contributed by atoms with van der Waals surface area (Å²) in [4.78, 5) is -0.515. The van der Waals surface area contributed by atoms with Crippen molar-refractivity contribution >= 4 is 26.0 Å². The van der Waals surface area contributed by atoms with E-state index in [9.17, 15) is 17.2 Å². The van der Waals surface area contributed by atoms with Crippen LogP contribution in [0.15, 0.2) is 21.5 Å². The molecule has 0 bridgehead atoms. The maximum absolute atomic E-state index is 13.7. The summed E-state index contributed by atoms with van der Waals surface area (Å²) >= 11 is 2.86. The molecule has 1 aliphatic heterocycles. The fourth-order valence-corrected chi connectivity index (χ4v) is 4.15. The number of sulfonamides is 1. The summed E-state index contributed by atoms with van der Waals surface area (Å²) in [7, 11) is -3.95. The van der Waals surface area contributed by atoms with Crippen LogP contribution in [0.3, 0.4) is 0 Å². The number of hydrogen-bond donors (Lipinski definition) is 1. The molecule has 1 unspecified atom stereocenters. The predicted octanol–water partition coefficient (Wildman–Crippen LogP) is 1.70. The van der Waals surface area contributed by atoms with Crippen LogP contribution in [0.1, 0.15) is 6.42 Å². The fraction of sp³-hybridized carbons (Fsp3) is 0.455. The van der Waals surface area contributed by atoms with Gasteiger partial charge in [0.05, 0.1) is 4.47 Å². The van der Waals surface area contributed by atoms with E-state index in [0.29, 0.717) is 25.6 Å². The topological polar surface area (TPSA) is 63.4 Å². The van der Waals surface area contributed by atoms with E-state index >= 15 is 0 Å². The van der Waals surface area contributed by atoms with Crippen LogP contribution in [-0.2, 0) is 10.0 Å². The van der Waals surface area contributed by atoms with Crippen LogP contribution in [0.5, 0.6) is 0 Å². The molecule has 0 radical (unpaired) electrons. The summed E-state index contributed by atoms with van der Waals surface area (Å²) in [6.07, 6.45) is 0.652. The molecule has 1 aromatic rings. The molecule has 4 nitrogen and oxygen atoms in total. The molecule has 1 heterocycles. The van der Waals surface area contributed by atoms with E-state index in [1.54, 1.807) is 0 Å². The molecule has 1 aliphatic rings. The second-order valence-corrected chi connectivity index (χ2v) is 7.21. The van der Waals surface area contributed by atoms with Gasteiger partial charge in [-0.25, -0.2) is 17.2 Å². The zero-order valence-electron chi connectivity index (χ0n) is 9.94. The summed E-state index contributed by atoms with van der Waals surface area (Å²) in [6, 6.07) is 1.52. The number of halogens is 3. The van der Waals surface area contributed by atoms with E-state index in [2.05, 4.69) is 15.9 Å². The van der Waals surface area contributed by atoms with Gasteiger partial charge >= 0.3 is 0 Å². The Morgan fingerprint density at radius 2 is 2.05 bits per heavy atom. The van der Waals surface area contributed by atoms with Gasteiger partial charge in [-0.2, -0.15) is 4.31 Å². The number of rotatable bonds is 3. The Kier molecular flexibility index (Phi) is 4.24. The van der Waals surface area contributed by atoms with Crippen LogP contribution < -0.4 is 5.73 Å². The number of hydrogen-bond acceptors (Lipinski definition) is 3. The van der Waals surface area contributed by atoms with Gasteiger partial charge in [-0.15, -0.1) is 0 Å². The third kappa shape index (κ3) is 2.81. The Bertz CT molecular complexity index is 595. The van der Waals surface area contributed by atoms with Gasteiger partial charge in [0.2, 0.25) is 10.0 Å². The highest BCUT2D eigenvalue weighted by Crippen LogP contribution is 2.28. The van der Waals surface area contributed by atoms with E-state index in [4.69, 9.17) is 5.73 Å². The summed E-state index contributed by atoms with van der Waals surface area (Å²) in [5, 5.41) is 0. The zero-order chi connectivity index (χ0) is 14.2. The molecular weight excluding hydrogens is 342 g/mol. The van der Waals surface area contributed by atoms with Crippen molar-refractivity contribution in [2.45, 2.75) is 11.3 Å². The van der Waals surface area contributed by atoms with Crippen LogP contribution in [-0.4, -0.2) is 32.4 Å². The summed E-state index contributed by atoms with van der Waals surface area (Å²) in [5.74, 6) is -1.84. The Morgan fingerprint density at radius 1 is 1.37 bits per heavy atom. The largest absolute Gasteiger partial charge is 0.330 e. The van der Waals surface area contributed by atoms with Crippen LogP contribution >= 0.6 is 15.9 Å². The quantitative estimate of drug-likeness (QED) is 0.840. The molecule has 1 fully saturated rings. The monoisotopic (exact) mass is 354 g/mol. The van der Waals surface area contributed by atoms with Crippen molar-refractivity contribution in [1.82, 2.24) is 4.31 Å². The minimum atomic E-state index is -3.95. The lowest BCUT2D eigenvalue weighted by molar-refractivity contribution is 0.452. The van der Waals surface area contributed by atoms with E-state index in [1.807, 2.05) is 0 Å². The van der Waals surface area contributed by atoms with Gasteiger partial charge in [0, 0.05) is 19.2 Å². The minimum Gasteiger partial charge on any atom is -0.330 e. The Labute approximate surface area is 118 Å². The van der Waals surface area contributed by atoms with Crippen molar-refractivity contribution in [3.05, 3.63) is 28.2 Å².